The van der Waals surface area contributed by atoms with Gasteiger partial charge in [0.1, 0.15) is 0 Å². The van der Waals surface area contributed by atoms with Crippen LogP contribution in [0, 0.1) is 0 Å². The second kappa shape index (κ2) is 4.88. The number of rotatable bonds is 5. The number of aryl methyl sites for hydroxylation is 1. The Morgan fingerprint density at radius 2 is 2.00 bits per heavy atom. The van der Waals surface area contributed by atoms with Crippen molar-refractivity contribution < 1.29 is 4.79 Å². The van der Waals surface area contributed by atoms with Crippen molar-refractivity contribution >= 4 is 5.91 Å². The number of hydrogen-bond acceptors (Lipinski definition) is 2. The Labute approximate surface area is 103 Å². The van der Waals surface area contributed by atoms with Crippen molar-refractivity contribution in [2.45, 2.75) is 31.2 Å². The third kappa shape index (κ3) is 3.07. The zero-order valence-corrected chi connectivity index (χ0v) is 10.4. The van der Waals surface area contributed by atoms with E-state index in [0.717, 1.165) is 32.2 Å². The van der Waals surface area contributed by atoms with Crippen molar-refractivity contribution in [1.29, 1.82) is 0 Å². The molecule has 17 heavy (non-hydrogen) atoms. The van der Waals surface area contributed by atoms with Gasteiger partial charge >= 0.3 is 0 Å². The van der Waals surface area contributed by atoms with E-state index < -0.39 is 5.54 Å². The number of likely N-dealkylation sites (N-methyl/N-ethyl adjacent to an activating group) is 1. The van der Waals surface area contributed by atoms with E-state index in [1.807, 2.05) is 25.2 Å². The molecule has 1 aliphatic carbocycles. The second-order valence-electron chi connectivity index (χ2n) is 4.97. The highest BCUT2D eigenvalue weighted by atomic mass is 16.2. The van der Waals surface area contributed by atoms with Crippen LogP contribution in [0.2, 0.25) is 0 Å². The standard InChI is InChI=1S/C14H20N2O/c1-16(13(17)14(15)9-10-14)11-5-8-12-6-3-2-4-7-12/h2-4,6-7H,5,8-11,15H2,1H3. The van der Waals surface area contributed by atoms with Gasteiger partial charge in [-0.2, -0.15) is 0 Å². The van der Waals surface area contributed by atoms with Gasteiger partial charge in [-0.15, -0.1) is 0 Å². The molecule has 1 saturated carbocycles. The van der Waals surface area contributed by atoms with Gasteiger partial charge in [-0.1, -0.05) is 30.3 Å². The zero-order chi connectivity index (χ0) is 12.3. The maximum Gasteiger partial charge on any atom is 0.242 e. The molecule has 92 valence electrons. The Kier molecular flexibility index (Phi) is 3.48. The number of carbonyl (C=O) groups is 1. The molecule has 0 bridgehead atoms. The van der Waals surface area contributed by atoms with E-state index in [4.69, 9.17) is 5.73 Å². The van der Waals surface area contributed by atoms with Gasteiger partial charge in [-0.05, 0) is 31.2 Å². The Morgan fingerprint density at radius 1 is 1.35 bits per heavy atom. The summed E-state index contributed by atoms with van der Waals surface area (Å²) in [5.74, 6) is 0.102. The van der Waals surface area contributed by atoms with Crippen molar-refractivity contribution in [3.05, 3.63) is 35.9 Å². The molecule has 3 nitrogen and oxygen atoms in total. The van der Waals surface area contributed by atoms with Gasteiger partial charge in [-0.3, -0.25) is 4.79 Å². The van der Waals surface area contributed by atoms with Gasteiger partial charge in [0.25, 0.3) is 0 Å². The largest absolute Gasteiger partial charge is 0.344 e. The summed E-state index contributed by atoms with van der Waals surface area (Å²) in [6, 6.07) is 10.3. The van der Waals surface area contributed by atoms with Crippen LogP contribution >= 0.6 is 0 Å². The molecule has 1 fully saturated rings. The average molecular weight is 232 g/mol. The molecule has 2 N–H and O–H groups in total. The lowest BCUT2D eigenvalue weighted by Crippen LogP contribution is -2.44. The third-order valence-corrected chi connectivity index (χ3v) is 3.36. The van der Waals surface area contributed by atoms with E-state index >= 15 is 0 Å². The van der Waals surface area contributed by atoms with E-state index in [1.54, 1.807) is 4.90 Å². The zero-order valence-electron chi connectivity index (χ0n) is 10.4. The predicted molar refractivity (Wildman–Crippen MR) is 68.6 cm³/mol. The van der Waals surface area contributed by atoms with E-state index in [-0.39, 0.29) is 5.91 Å². The fourth-order valence-corrected chi connectivity index (χ4v) is 2.00. The first kappa shape index (κ1) is 12.1. The van der Waals surface area contributed by atoms with Crippen LogP contribution in [0.5, 0.6) is 0 Å². The van der Waals surface area contributed by atoms with E-state index in [0.29, 0.717) is 0 Å². The van der Waals surface area contributed by atoms with Crippen molar-refractivity contribution in [2.75, 3.05) is 13.6 Å². The first-order chi connectivity index (χ1) is 8.12. The quantitative estimate of drug-likeness (QED) is 0.837. The number of nitrogens with two attached hydrogens (primary N) is 1. The highest BCUT2D eigenvalue weighted by molar-refractivity contribution is 5.88. The van der Waals surface area contributed by atoms with Crippen LogP contribution in [0.3, 0.4) is 0 Å². The van der Waals surface area contributed by atoms with Crippen molar-refractivity contribution in [2.24, 2.45) is 5.73 Å². The summed E-state index contributed by atoms with van der Waals surface area (Å²) in [6.45, 7) is 0.784. The molecule has 0 heterocycles. The molecule has 0 aliphatic heterocycles. The minimum absolute atomic E-state index is 0.102. The topological polar surface area (TPSA) is 46.3 Å². The molecule has 1 aromatic rings. The molecule has 0 atom stereocenters. The van der Waals surface area contributed by atoms with Gasteiger partial charge in [0.15, 0.2) is 0 Å². The number of nitrogens with zero attached hydrogens (tertiary/aromatic N) is 1. The minimum atomic E-state index is -0.526. The predicted octanol–water partition coefficient (Wildman–Crippen LogP) is 1.57. The van der Waals surface area contributed by atoms with E-state index in [9.17, 15) is 4.79 Å². The summed E-state index contributed by atoms with van der Waals surface area (Å²) in [7, 11) is 1.85. The van der Waals surface area contributed by atoms with Crippen LogP contribution in [-0.4, -0.2) is 29.9 Å². The van der Waals surface area contributed by atoms with Gasteiger partial charge in [0.2, 0.25) is 5.91 Å². The van der Waals surface area contributed by atoms with Crippen molar-refractivity contribution in [3.63, 3.8) is 0 Å². The lowest BCUT2D eigenvalue weighted by atomic mass is 10.1. The molecule has 0 spiro atoms. The van der Waals surface area contributed by atoms with Gasteiger partial charge in [-0.25, -0.2) is 0 Å². The highest BCUT2D eigenvalue weighted by Crippen LogP contribution is 2.33. The summed E-state index contributed by atoms with van der Waals surface area (Å²) in [5.41, 5.74) is 6.68. The van der Waals surface area contributed by atoms with Crippen LogP contribution in [0.4, 0.5) is 0 Å². The molecule has 0 radical (unpaired) electrons. The van der Waals surface area contributed by atoms with Gasteiger partial charge in [0, 0.05) is 13.6 Å². The first-order valence-corrected chi connectivity index (χ1v) is 6.20. The fourth-order valence-electron chi connectivity index (χ4n) is 2.00. The molecule has 0 aromatic heterocycles. The summed E-state index contributed by atoms with van der Waals surface area (Å²) in [4.78, 5) is 13.6. The maximum atomic E-state index is 11.9. The molecule has 3 heteroatoms. The fraction of sp³-hybridized carbons (Fsp3) is 0.500. The SMILES string of the molecule is CN(CCCc1ccccc1)C(=O)C1(N)CC1. The molecular weight excluding hydrogens is 212 g/mol. The summed E-state index contributed by atoms with van der Waals surface area (Å²) in [6.07, 6.45) is 3.68. The number of hydrogen-bond donors (Lipinski definition) is 1. The van der Waals surface area contributed by atoms with Crippen molar-refractivity contribution in [1.82, 2.24) is 4.90 Å². The molecule has 2 rings (SSSR count). The monoisotopic (exact) mass is 232 g/mol. The van der Waals surface area contributed by atoms with E-state index in [2.05, 4.69) is 12.1 Å². The van der Waals surface area contributed by atoms with Gasteiger partial charge < -0.3 is 10.6 Å². The molecule has 1 aromatic carbocycles. The second-order valence-corrected chi connectivity index (χ2v) is 4.97. The van der Waals surface area contributed by atoms with Crippen LogP contribution in [0.1, 0.15) is 24.8 Å². The maximum absolute atomic E-state index is 11.9. The molecule has 1 amide bonds. The lowest BCUT2D eigenvalue weighted by molar-refractivity contribution is -0.132. The Morgan fingerprint density at radius 3 is 2.59 bits per heavy atom. The van der Waals surface area contributed by atoms with E-state index in [1.165, 1.54) is 5.56 Å². The smallest absolute Gasteiger partial charge is 0.242 e. The highest BCUT2D eigenvalue weighted by Gasteiger charge is 2.47. The average Bonchev–Trinajstić information content (AvgIpc) is 3.09. The summed E-state index contributed by atoms with van der Waals surface area (Å²) in [5, 5.41) is 0. The lowest BCUT2D eigenvalue weighted by Gasteiger charge is -2.20. The molecular formula is C14H20N2O. The van der Waals surface area contributed by atoms with Crippen molar-refractivity contribution in [3.8, 4) is 0 Å². The molecule has 0 saturated heterocycles. The Balaban J connectivity index is 1.73. The van der Waals surface area contributed by atoms with Crippen LogP contribution in [-0.2, 0) is 11.2 Å². The Bertz CT molecular complexity index is 384. The minimum Gasteiger partial charge on any atom is -0.344 e. The van der Waals surface area contributed by atoms with Crippen LogP contribution in [0.25, 0.3) is 0 Å². The molecule has 1 aliphatic rings. The number of benzene rings is 1. The summed E-state index contributed by atoms with van der Waals surface area (Å²) < 4.78 is 0. The first-order valence-electron chi connectivity index (χ1n) is 6.20. The van der Waals surface area contributed by atoms with Crippen LogP contribution in [0.15, 0.2) is 30.3 Å². The summed E-state index contributed by atoms with van der Waals surface area (Å²) >= 11 is 0. The third-order valence-electron chi connectivity index (χ3n) is 3.36. The number of carbonyl (C=O) groups excluding carboxylic acids is 1. The van der Waals surface area contributed by atoms with Crippen LogP contribution < -0.4 is 5.73 Å². The molecule has 0 unspecified atom stereocenters. The Hall–Kier alpha value is -1.35. The number of amides is 1. The normalized spacial score (nSPS) is 16.6. The van der Waals surface area contributed by atoms with Gasteiger partial charge in [0.05, 0.1) is 5.54 Å².